The molecule has 0 unspecified atom stereocenters. The van der Waals surface area contributed by atoms with E-state index >= 15 is 0 Å². The van der Waals surface area contributed by atoms with Crippen molar-refractivity contribution in [1.82, 2.24) is 15.2 Å². The molecule has 0 spiro atoms. The first-order chi connectivity index (χ1) is 6.90. The molecule has 0 aliphatic carbocycles. The highest BCUT2D eigenvalue weighted by Crippen LogP contribution is 2.14. The van der Waals surface area contributed by atoms with Crippen molar-refractivity contribution in [3.63, 3.8) is 0 Å². The van der Waals surface area contributed by atoms with E-state index in [2.05, 4.69) is 20.6 Å². The van der Waals surface area contributed by atoms with Gasteiger partial charge in [-0.3, -0.25) is 4.98 Å². The van der Waals surface area contributed by atoms with Gasteiger partial charge in [-0.2, -0.15) is 0 Å². The van der Waals surface area contributed by atoms with E-state index in [1.165, 1.54) is 0 Å². The van der Waals surface area contributed by atoms with Gasteiger partial charge in [0.25, 0.3) is 0 Å². The molecule has 5 heteroatoms. The standard InChI is InChI=1S/C9H9N5/c10-12-9-4-3-8(13-14-9)7-2-1-5-11-6-7/h1-6H,10H2,(H,12,14). The molecular formula is C9H9N5. The summed E-state index contributed by atoms with van der Waals surface area (Å²) >= 11 is 0. The molecule has 0 radical (unpaired) electrons. The second-order valence-electron chi connectivity index (χ2n) is 2.69. The van der Waals surface area contributed by atoms with Crippen LogP contribution in [-0.4, -0.2) is 15.2 Å². The van der Waals surface area contributed by atoms with E-state index in [0.29, 0.717) is 5.82 Å². The molecule has 3 N–H and O–H groups in total. The normalized spacial score (nSPS) is 9.79. The molecule has 2 rings (SSSR count). The number of anilines is 1. The first-order valence-corrected chi connectivity index (χ1v) is 4.11. The van der Waals surface area contributed by atoms with E-state index in [0.717, 1.165) is 11.3 Å². The van der Waals surface area contributed by atoms with Crippen molar-refractivity contribution < 1.29 is 0 Å². The summed E-state index contributed by atoms with van der Waals surface area (Å²) in [7, 11) is 0. The Hall–Kier alpha value is -2.01. The van der Waals surface area contributed by atoms with Crippen LogP contribution in [0.3, 0.4) is 0 Å². The van der Waals surface area contributed by atoms with Gasteiger partial charge in [0.15, 0.2) is 5.82 Å². The van der Waals surface area contributed by atoms with Crippen molar-refractivity contribution in [2.45, 2.75) is 0 Å². The minimum absolute atomic E-state index is 0.539. The van der Waals surface area contributed by atoms with Gasteiger partial charge >= 0.3 is 0 Å². The average Bonchev–Trinajstić information content (AvgIpc) is 2.30. The number of pyridine rings is 1. The zero-order valence-electron chi connectivity index (χ0n) is 7.38. The van der Waals surface area contributed by atoms with E-state index in [4.69, 9.17) is 5.84 Å². The Labute approximate surface area is 81.0 Å². The number of nitrogens with two attached hydrogens (primary N) is 1. The summed E-state index contributed by atoms with van der Waals surface area (Å²) in [5.74, 6) is 5.71. The van der Waals surface area contributed by atoms with E-state index in [1.807, 2.05) is 18.2 Å². The van der Waals surface area contributed by atoms with Gasteiger partial charge in [-0.05, 0) is 24.3 Å². The Bertz CT molecular complexity index is 397. The van der Waals surface area contributed by atoms with Gasteiger partial charge in [0.05, 0.1) is 5.69 Å². The number of aromatic nitrogens is 3. The van der Waals surface area contributed by atoms with Crippen molar-refractivity contribution in [2.24, 2.45) is 5.84 Å². The number of hydrogen-bond donors (Lipinski definition) is 2. The number of hydrazine groups is 1. The largest absolute Gasteiger partial charge is 0.307 e. The minimum Gasteiger partial charge on any atom is -0.307 e. The fourth-order valence-corrected chi connectivity index (χ4v) is 1.08. The molecule has 14 heavy (non-hydrogen) atoms. The van der Waals surface area contributed by atoms with Crippen LogP contribution in [0.25, 0.3) is 11.3 Å². The lowest BCUT2D eigenvalue weighted by Gasteiger charge is -2.00. The molecule has 2 aromatic rings. The highest BCUT2D eigenvalue weighted by molar-refractivity contribution is 5.57. The van der Waals surface area contributed by atoms with Gasteiger partial charge in [0.2, 0.25) is 0 Å². The number of nitrogen functional groups attached to an aromatic ring is 1. The average molecular weight is 187 g/mol. The zero-order chi connectivity index (χ0) is 9.80. The molecule has 5 nitrogen and oxygen atoms in total. The zero-order valence-corrected chi connectivity index (χ0v) is 7.38. The summed E-state index contributed by atoms with van der Waals surface area (Å²) in [6, 6.07) is 7.37. The van der Waals surface area contributed by atoms with Gasteiger partial charge in [-0.15, -0.1) is 10.2 Å². The second kappa shape index (κ2) is 3.80. The molecule has 0 aromatic carbocycles. The van der Waals surface area contributed by atoms with Crippen LogP contribution in [-0.2, 0) is 0 Å². The van der Waals surface area contributed by atoms with Crippen LogP contribution >= 0.6 is 0 Å². The highest BCUT2D eigenvalue weighted by atomic mass is 15.3. The molecule has 0 amide bonds. The lowest BCUT2D eigenvalue weighted by Crippen LogP contribution is -2.08. The third-order valence-corrected chi connectivity index (χ3v) is 1.77. The van der Waals surface area contributed by atoms with Crippen LogP contribution in [0.15, 0.2) is 36.7 Å². The molecular weight excluding hydrogens is 178 g/mol. The van der Waals surface area contributed by atoms with E-state index in [1.54, 1.807) is 18.5 Å². The van der Waals surface area contributed by atoms with Crippen LogP contribution in [0, 0.1) is 0 Å². The third kappa shape index (κ3) is 1.67. The third-order valence-electron chi connectivity index (χ3n) is 1.77. The van der Waals surface area contributed by atoms with Gasteiger partial charge in [0, 0.05) is 18.0 Å². The van der Waals surface area contributed by atoms with E-state index < -0.39 is 0 Å². The Morgan fingerprint density at radius 3 is 2.64 bits per heavy atom. The molecule has 0 bridgehead atoms. The fourth-order valence-electron chi connectivity index (χ4n) is 1.08. The summed E-state index contributed by atoms with van der Waals surface area (Å²) in [4.78, 5) is 4.00. The summed E-state index contributed by atoms with van der Waals surface area (Å²) in [5, 5.41) is 7.85. The SMILES string of the molecule is NNc1ccc(-c2cccnc2)nn1. The fraction of sp³-hybridized carbons (Fsp3) is 0. The predicted octanol–water partition coefficient (Wildman–Crippen LogP) is 0.824. The lowest BCUT2D eigenvalue weighted by atomic mass is 10.2. The predicted molar refractivity (Wildman–Crippen MR) is 53.1 cm³/mol. The van der Waals surface area contributed by atoms with Crippen LogP contribution < -0.4 is 11.3 Å². The van der Waals surface area contributed by atoms with E-state index in [9.17, 15) is 0 Å². The Morgan fingerprint density at radius 1 is 1.14 bits per heavy atom. The molecule has 2 aromatic heterocycles. The maximum atomic E-state index is 5.17. The van der Waals surface area contributed by atoms with Crippen LogP contribution in [0.2, 0.25) is 0 Å². The summed E-state index contributed by atoms with van der Waals surface area (Å²) < 4.78 is 0. The topological polar surface area (TPSA) is 76.7 Å². The maximum Gasteiger partial charge on any atom is 0.162 e. The Balaban J connectivity index is 2.34. The van der Waals surface area contributed by atoms with Gasteiger partial charge in [-0.1, -0.05) is 0 Å². The van der Waals surface area contributed by atoms with Gasteiger partial charge in [-0.25, -0.2) is 5.84 Å². The monoisotopic (exact) mass is 187 g/mol. The minimum atomic E-state index is 0.539. The van der Waals surface area contributed by atoms with Crippen molar-refractivity contribution in [3.8, 4) is 11.3 Å². The summed E-state index contributed by atoms with van der Waals surface area (Å²) in [6.07, 6.45) is 3.45. The molecule has 70 valence electrons. The van der Waals surface area contributed by atoms with Gasteiger partial charge in [0.1, 0.15) is 0 Å². The first kappa shape index (κ1) is 8.58. The molecule has 0 atom stereocenters. The highest BCUT2D eigenvalue weighted by Gasteiger charge is 1.99. The van der Waals surface area contributed by atoms with Gasteiger partial charge < -0.3 is 5.43 Å². The summed E-state index contributed by atoms with van der Waals surface area (Å²) in [6.45, 7) is 0. The molecule has 0 saturated heterocycles. The lowest BCUT2D eigenvalue weighted by molar-refractivity contribution is 1.02. The molecule has 2 heterocycles. The molecule has 0 aliphatic heterocycles. The number of nitrogens with one attached hydrogen (secondary N) is 1. The quantitative estimate of drug-likeness (QED) is 0.537. The van der Waals surface area contributed by atoms with Crippen LogP contribution in [0.1, 0.15) is 0 Å². The maximum absolute atomic E-state index is 5.17. The number of hydrogen-bond acceptors (Lipinski definition) is 5. The Morgan fingerprint density at radius 2 is 2.07 bits per heavy atom. The Kier molecular flexibility index (Phi) is 2.33. The van der Waals surface area contributed by atoms with Crippen molar-refractivity contribution in [2.75, 3.05) is 5.43 Å². The summed E-state index contributed by atoms with van der Waals surface area (Å²) in [5.41, 5.74) is 4.13. The molecule has 0 aliphatic rings. The number of rotatable bonds is 2. The first-order valence-electron chi connectivity index (χ1n) is 4.11. The van der Waals surface area contributed by atoms with Crippen molar-refractivity contribution >= 4 is 5.82 Å². The number of nitrogens with zero attached hydrogens (tertiary/aromatic N) is 3. The van der Waals surface area contributed by atoms with Crippen molar-refractivity contribution in [3.05, 3.63) is 36.7 Å². The van der Waals surface area contributed by atoms with Crippen LogP contribution in [0.4, 0.5) is 5.82 Å². The molecule has 0 fully saturated rings. The van der Waals surface area contributed by atoms with Crippen LogP contribution in [0.5, 0.6) is 0 Å². The smallest absolute Gasteiger partial charge is 0.162 e. The van der Waals surface area contributed by atoms with Crippen molar-refractivity contribution in [1.29, 1.82) is 0 Å². The molecule has 0 saturated carbocycles. The van der Waals surface area contributed by atoms with E-state index in [-0.39, 0.29) is 0 Å². The second-order valence-corrected chi connectivity index (χ2v) is 2.69.